The fourth-order valence-electron chi connectivity index (χ4n) is 2.23. The van der Waals surface area contributed by atoms with E-state index in [1.165, 1.54) is 18.2 Å². The standard InChI is InChI=1S/C15H18BrFO4/c1-3-7-15(13(18)19,14(20)21-4-2)9-10-8-11(17)5-6-12(10)16/h5-6,8H,3-4,7,9H2,1-2H3,(H,18,19). The zero-order chi connectivity index (χ0) is 16.0. The average Bonchev–Trinajstić information content (AvgIpc) is 2.42. The molecule has 0 aliphatic carbocycles. The Morgan fingerprint density at radius 3 is 2.57 bits per heavy atom. The molecular formula is C15H18BrFO4. The predicted octanol–water partition coefficient (Wildman–Crippen LogP) is 3.56. The molecular weight excluding hydrogens is 343 g/mol. The van der Waals surface area contributed by atoms with Gasteiger partial charge in [-0.1, -0.05) is 29.3 Å². The van der Waals surface area contributed by atoms with Gasteiger partial charge in [0.15, 0.2) is 5.41 Å². The van der Waals surface area contributed by atoms with E-state index in [1.807, 2.05) is 0 Å². The highest BCUT2D eigenvalue weighted by molar-refractivity contribution is 9.10. The van der Waals surface area contributed by atoms with Gasteiger partial charge < -0.3 is 9.84 Å². The van der Waals surface area contributed by atoms with Crippen molar-refractivity contribution in [3.05, 3.63) is 34.1 Å². The normalized spacial score (nSPS) is 13.5. The predicted molar refractivity (Wildman–Crippen MR) is 79.4 cm³/mol. The first-order valence-corrected chi connectivity index (χ1v) is 7.51. The lowest BCUT2D eigenvalue weighted by Gasteiger charge is -2.27. The molecule has 116 valence electrons. The zero-order valence-electron chi connectivity index (χ0n) is 12.0. The van der Waals surface area contributed by atoms with Crippen molar-refractivity contribution in [2.75, 3.05) is 6.61 Å². The summed E-state index contributed by atoms with van der Waals surface area (Å²) < 4.78 is 18.9. The Morgan fingerprint density at radius 2 is 2.05 bits per heavy atom. The van der Waals surface area contributed by atoms with Gasteiger partial charge in [-0.15, -0.1) is 0 Å². The minimum Gasteiger partial charge on any atom is -0.480 e. The molecule has 4 nitrogen and oxygen atoms in total. The Hall–Kier alpha value is -1.43. The third-order valence-corrected chi connectivity index (χ3v) is 4.03. The highest BCUT2D eigenvalue weighted by atomic mass is 79.9. The molecule has 1 aromatic rings. The molecule has 0 aliphatic rings. The number of carbonyl (C=O) groups excluding carboxylic acids is 1. The van der Waals surface area contributed by atoms with Crippen molar-refractivity contribution >= 4 is 27.9 Å². The van der Waals surface area contributed by atoms with Crippen molar-refractivity contribution in [2.24, 2.45) is 5.41 Å². The first kappa shape index (κ1) is 17.6. The first-order chi connectivity index (χ1) is 9.87. The number of hydrogen-bond donors (Lipinski definition) is 1. The van der Waals surface area contributed by atoms with Crippen LogP contribution in [0.5, 0.6) is 0 Å². The fraction of sp³-hybridized carbons (Fsp3) is 0.467. The van der Waals surface area contributed by atoms with Crippen molar-refractivity contribution < 1.29 is 23.8 Å². The number of benzene rings is 1. The summed E-state index contributed by atoms with van der Waals surface area (Å²) in [6, 6.07) is 3.99. The van der Waals surface area contributed by atoms with E-state index in [4.69, 9.17) is 4.74 Å². The molecule has 1 rings (SSSR count). The zero-order valence-corrected chi connectivity index (χ0v) is 13.6. The van der Waals surface area contributed by atoms with Gasteiger partial charge in [-0.3, -0.25) is 9.59 Å². The van der Waals surface area contributed by atoms with Crippen molar-refractivity contribution in [1.82, 2.24) is 0 Å². The van der Waals surface area contributed by atoms with Crippen LogP contribution in [-0.4, -0.2) is 23.7 Å². The van der Waals surface area contributed by atoms with Gasteiger partial charge in [-0.2, -0.15) is 0 Å². The summed E-state index contributed by atoms with van der Waals surface area (Å²) in [4.78, 5) is 23.9. The van der Waals surface area contributed by atoms with Crippen LogP contribution >= 0.6 is 15.9 Å². The number of carboxylic acid groups (broad SMARTS) is 1. The van der Waals surface area contributed by atoms with Crippen molar-refractivity contribution in [1.29, 1.82) is 0 Å². The van der Waals surface area contributed by atoms with E-state index in [9.17, 15) is 19.1 Å². The molecule has 0 spiro atoms. The number of aliphatic carboxylic acids is 1. The van der Waals surface area contributed by atoms with Crippen LogP contribution < -0.4 is 0 Å². The summed E-state index contributed by atoms with van der Waals surface area (Å²) in [6.45, 7) is 3.51. The highest BCUT2D eigenvalue weighted by Gasteiger charge is 2.47. The minimum atomic E-state index is -1.69. The molecule has 0 heterocycles. The molecule has 0 bridgehead atoms. The molecule has 1 aromatic carbocycles. The molecule has 0 aliphatic heterocycles. The molecule has 0 radical (unpaired) electrons. The number of carboxylic acids is 1. The fourth-order valence-corrected chi connectivity index (χ4v) is 2.62. The Kier molecular flexibility index (Phi) is 6.33. The summed E-state index contributed by atoms with van der Waals surface area (Å²) >= 11 is 3.26. The van der Waals surface area contributed by atoms with Gasteiger partial charge in [0.2, 0.25) is 0 Å². The summed E-state index contributed by atoms with van der Waals surface area (Å²) in [5.41, 5.74) is -1.26. The van der Waals surface area contributed by atoms with E-state index in [0.717, 1.165) is 0 Å². The second-order valence-electron chi connectivity index (χ2n) is 4.77. The monoisotopic (exact) mass is 360 g/mol. The van der Waals surface area contributed by atoms with Crippen molar-refractivity contribution in [3.8, 4) is 0 Å². The van der Waals surface area contributed by atoms with E-state index < -0.39 is 23.2 Å². The highest BCUT2D eigenvalue weighted by Crippen LogP contribution is 2.34. The SMILES string of the molecule is CCCC(Cc1cc(F)ccc1Br)(C(=O)O)C(=O)OCC. The molecule has 0 fully saturated rings. The number of halogens is 2. The van der Waals surface area contributed by atoms with E-state index in [0.29, 0.717) is 16.5 Å². The number of esters is 1. The van der Waals surface area contributed by atoms with E-state index >= 15 is 0 Å². The number of carbonyl (C=O) groups is 2. The Labute approximate surface area is 131 Å². The molecule has 1 atom stereocenters. The van der Waals surface area contributed by atoms with Crippen LogP contribution in [0.2, 0.25) is 0 Å². The third-order valence-electron chi connectivity index (χ3n) is 3.25. The van der Waals surface area contributed by atoms with Gasteiger partial charge in [-0.05, 0) is 37.1 Å². The molecule has 6 heteroatoms. The van der Waals surface area contributed by atoms with Crippen LogP contribution in [0.4, 0.5) is 4.39 Å². The lowest BCUT2D eigenvalue weighted by molar-refractivity contribution is -0.169. The molecule has 21 heavy (non-hydrogen) atoms. The topological polar surface area (TPSA) is 63.6 Å². The van der Waals surface area contributed by atoms with Gasteiger partial charge >= 0.3 is 11.9 Å². The molecule has 0 saturated carbocycles. The maximum absolute atomic E-state index is 13.4. The van der Waals surface area contributed by atoms with Gasteiger partial charge in [0.05, 0.1) is 6.61 Å². The van der Waals surface area contributed by atoms with Crippen LogP contribution in [0.1, 0.15) is 32.3 Å². The van der Waals surface area contributed by atoms with Crippen molar-refractivity contribution in [2.45, 2.75) is 33.1 Å². The third kappa shape index (κ3) is 4.03. The molecule has 1 unspecified atom stereocenters. The average molecular weight is 361 g/mol. The van der Waals surface area contributed by atoms with E-state index in [-0.39, 0.29) is 19.4 Å². The summed E-state index contributed by atoms with van der Waals surface area (Å²) in [5.74, 6) is -2.51. The van der Waals surface area contributed by atoms with Gasteiger partial charge in [0, 0.05) is 10.9 Å². The van der Waals surface area contributed by atoms with Crippen LogP contribution in [-0.2, 0) is 20.7 Å². The summed E-state index contributed by atoms with van der Waals surface area (Å²) in [6.07, 6.45) is 0.509. The number of rotatable bonds is 7. The van der Waals surface area contributed by atoms with Gasteiger partial charge in [0.25, 0.3) is 0 Å². The summed E-state index contributed by atoms with van der Waals surface area (Å²) in [5, 5.41) is 9.56. The van der Waals surface area contributed by atoms with E-state index in [2.05, 4.69) is 15.9 Å². The van der Waals surface area contributed by atoms with Gasteiger partial charge in [0.1, 0.15) is 5.82 Å². The Morgan fingerprint density at radius 1 is 1.38 bits per heavy atom. The van der Waals surface area contributed by atoms with Gasteiger partial charge in [-0.25, -0.2) is 4.39 Å². The molecule has 0 aromatic heterocycles. The number of hydrogen-bond acceptors (Lipinski definition) is 3. The van der Waals surface area contributed by atoms with Crippen LogP contribution in [0, 0.1) is 11.2 Å². The molecule has 1 N–H and O–H groups in total. The molecule has 0 amide bonds. The second-order valence-corrected chi connectivity index (χ2v) is 5.62. The maximum Gasteiger partial charge on any atom is 0.323 e. The maximum atomic E-state index is 13.4. The molecule has 0 saturated heterocycles. The lowest BCUT2D eigenvalue weighted by Crippen LogP contribution is -2.42. The quantitative estimate of drug-likeness (QED) is 0.596. The first-order valence-electron chi connectivity index (χ1n) is 6.72. The largest absolute Gasteiger partial charge is 0.480 e. The van der Waals surface area contributed by atoms with Crippen molar-refractivity contribution in [3.63, 3.8) is 0 Å². The minimum absolute atomic E-state index is 0.0991. The van der Waals surface area contributed by atoms with E-state index in [1.54, 1.807) is 13.8 Å². The number of ether oxygens (including phenoxy) is 1. The van der Waals surface area contributed by atoms with Crippen LogP contribution in [0.25, 0.3) is 0 Å². The Bertz CT molecular complexity index is 532. The van der Waals surface area contributed by atoms with Crippen LogP contribution in [0.15, 0.2) is 22.7 Å². The van der Waals surface area contributed by atoms with Crippen LogP contribution in [0.3, 0.4) is 0 Å². The smallest absolute Gasteiger partial charge is 0.323 e. The second kappa shape index (κ2) is 7.54. The summed E-state index contributed by atoms with van der Waals surface area (Å²) in [7, 11) is 0. The lowest BCUT2D eigenvalue weighted by atomic mass is 9.77. The Balaban J connectivity index is 3.26.